The van der Waals surface area contributed by atoms with E-state index in [-0.39, 0.29) is 11.2 Å². The number of carbonyl (C=O) groups is 1. The molecule has 2 aromatic carbocycles. The van der Waals surface area contributed by atoms with Crippen LogP contribution in [0.2, 0.25) is 0 Å². The van der Waals surface area contributed by atoms with E-state index in [0.29, 0.717) is 0 Å². The van der Waals surface area contributed by atoms with Crippen LogP contribution >= 0.6 is 11.8 Å². The molecule has 0 spiro atoms. The van der Waals surface area contributed by atoms with Crippen LogP contribution in [0.3, 0.4) is 0 Å². The van der Waals surface area contributed by atoms with Crippen LogP contribution in [0.1, 0.15) is 10.8 Å². The van der Waals surface area contributed by atoms with Crippen LogP contribution in [0.4, 0.5) is 17.1 Å². The van der Waals surface area contributed by atoms with Gasteiger partial charge < -0.3 is 10.6 Å². The van der Waals surface area contributed by atoms with Gasteiger partial charge in [-0.05, 0) is 24.5 Å². The number of rotatable bonds is 3. The second-order valence-corrected chi connectivity index (χ2v) is 5.31. The molecule has 0 fully saturated rings. The Bertz CT molecular complexity index is 613. The van der Waals surface area contributed by atoms with Gasteiger partial charge in [0.2, 0.25) is 5.91 Å². The van der Waals surface area contributed by atoms with Crippen LogP contribution in [0.15, 0.2) is 48.5 Å². The van der Waals surface area contributed by atoms with E-state index in [0.717, 1.165) is 22.6 Å². The van der Waals surface area contributed by atoms with Crippen LogP contribution < -0.4 is 10.6 Å². The number of amides is 1. The number of anilines is 3. The Hall–Kier alpha value is -1.94. The van der Waals surface area contributed by atoms with Gasteiger partial charge in [0.25, 0.3) is 0 Å². The van der Waals surface area contributed by atoms with E-state index in [1.807, 2.05) is 54.8 Å². The average molecular weight is 270 g/mol. The number of hydrogen-bond donors (Lipinski definition) is 2. The zero-order valence-electron chi connectivity index (χ0n) is 10.5. The van der Waals surface area contributed by atoms with Crippen molar-refractivity contribution in [2.24, 2.45) is 0 Å². The minimum Gasteiger partial charge on any atom is -0.354 e. The lowest BCUT2D eigenvalue weighted by molar-refractivity contribution is -0.115. The van der Waals surface area contributed by atoms with Crippen LogP contribution in [-0.4, -0.2) is 12.2 Å². The third kappa shape index (κ3) is 2.19. The van der Waals surface area contributed by atoms with Crippen molar-refractivity contribution in [2.45, 2.75) is 5.25 Å². The molecule has 1 aliphatic rings. The van der Waals surface area contributed by atoms with Crippen LogP contribution in [-0.2, 0) is 4.79 Å². The monoisotopic (exact) mass is 270 g/mol. The summed E-state index contributed by atoms with van der Waals surface area (Å²) in [4.78, 5) is 11.9. The summed E-state index contributed by atoms with van der Waals surface area (Å²) < 4.78 is 0. The van der Waals surface area contributed by atoms with E-state index in [2.05, 4.69) is 10.6 Å². The summed E-state index contributed by atoms with van der Waals surface area (Å²) in [5, 5.41) is 6.21. The number of thioether (sulfide) groups is 1. The molecule has 1 unspecified atom stereocenters. The third-order valence-corrected chi connectivity index (χ3v) is 4.09. The molecule has 1 atom stereocenters. The van der Waals surface area contributed by atoms with Gasteiger partial charge in [0.15, 0.2) is 0 Å². The summed E-state index contributed by atoms with van der Waals surface area (Å²) in [7, 11) is 0. The summed E-state index contributed by atoms with van der Waals surface area (Å²) in [6.07, 6.45) is 1.96. The molecule has 96 valence electrons. The predicted octanol–water partition coefficient (Wildman–Crippen LogP) is 3.79. The molecule has 4 heteroatoms. The molecule has 1 heterocycles. The van der Waals surface area contributed by atoms with Crippen molar-refractivity contribution in [2.75, 3.05) is 16.9 Å². The van der Waals surface area contributed by atoms with Crippen LogP contribution in [0.5, 0.6) is 0 Å². The molecular formula is C15H14N2OS. The first kappa shape index (κ1) is 12.1. The van der Waals surface area contributed by atoms with Crippen molar-refractivity contribution in [1.29, 1.82) is 0 Å². The number of fused-ring (bicyclic) bond motifs is 1. The zero-order valence-corrected chi connectivity index (χ0v) is 11.3. The van der Waals surface area contributed by atoms with E-state index in [4.69, 9.17) is 0 Å². The Morgan fingerprint density at radius 1 is 1.11 bits per heavy atom. The topological polar surface area (TPSA) is 41.1 Å². The maximum Gasteiger partial charge on any atom is 0.242 e. The van der Waals surface area contributed by atoms with E-state index >= 15 is 0 Å². The van der Waals surface area contributed by atoms with Crippen molar-refractivity contribution >= 4 is 34.7 Å². The predicted molar refractivity (Wildman–Crippen MR) is 81.1 cm³/mol. The first-order valence-corrected chi connectivity index (χ1v) is 7.37. The van der Waals surface area contributed by atoms with E-state index in [1.54, 1.807) is 11.8 Å². The maximum absolute atomic E-state index is 11.9. The molecule has 2 N–H and O–H groups in total. The van der Waals surface area contributed by atoms with Crippen molar-refractivity contribution in [3.05, 3.63) is 54.1 Å². The van der Waals surface area contributed by atoms with Crippen molar-refractivity contribution in [3.8, 4) is 0 Å². The lowest BCUT2D eigenvalue weighted by Gasteiger charge is -2.11. The van der Waals surface area contributed by atoms with Gasteiger partial charge in [0.05, 0.1) is 11.4 Å². The van der Waals surface area contributed by atoms with Gasteiger partial charge in [-0.25, -0.2) is 0 Å². The van der Waals surface area contributed by atoms with Crippen molar-refractivity contribution in [1.82, 2.24) is 0 Å². The fraction of sp³-hybridized carbons (Fsp3) is 0.133. The number of nitrogens with one attached hydrogen (secondary N) is 2. The lowest BCUT2D eigenvalue weighted by atomic mass is 10.1. The first-order valence-electron chi connectivity index (χ1n) is 6.08. The minimum atomic E-state index is -0.104. The summed E-state index contributed by atoms with van der Waals surface area (Å²) in [6, 6.07) is 15.9. The van der Waals surface area contributed by atoms with E-state index in [9.17, 15) is 4.79 Å². The van der Waals surface area contributed by atoms with Gasteiger partial charge in [-0.2, -0.15) is 0 Å². The lowest BCUT2D eigenvalue weighted by Crippen LogP contribution is -2.08. The first-order chi connectivity index (χ1) is 9.29. The summed E-state index contributed by atoms with van der Waals surface area (Å²) in [6.45, 7) is 0. The minimum absolute atomic E-state index is 0.0600. The van der Waals surface area contributed by atoms with Gasteiger partial charge in [-0.15, -0.1) is 11.8 Å². The quantitative estimate of drug-likeness (QED) is 0.891. The molecule has 3 nitrogen and oxygen atoms in total. The van der Waals surface area contributed by atoms with Gasteiger partial charge in [-0.3, -0.25) is 4.79 Å². The smallest absolute Gasteiger partial charge is 0.242 e. The molecular weight excluding hydrogens is 256 g/mol. The molecule has 19 heavy (non-hydrogen) atoms. The Morgan fingerprint density at radius 2 is 1.89 bits per heavy atom. The van der Waals surface area contributed by atoms with E-state index in [1.165, 1.54) is 0 Å². The second kappa shape index (κ2) is 4.97. The molecule has 1 amide bonds. The summed E-state index contributed by atoms with van der Waals surface area (Å²) in [5.74, 6) is 0.0600. The second-order valence-electron chi connectivity index (χ2n) is 4.37. The number of para-hydroxylation sites is 2. The van der Waals surface area contributed by atoms with Crippen LogP contribution in [0, 0.1) is 0 Å². The highest BCUT2D eigenvalue weighted by atomic mass is 32.2. The van der Waals surface area contributed by atoms with Gasteiger partial charge in [0.1, 0.15) is 5.25 Å². The fourth-order valence-electron chi connectivity index (χ4n) is 2.27. The normalized spacial score (nSPS) is 16.9. The molecule has 0 aromatic heterocycles. The summed E-state index contributed by atoms with van der Waals surface area (Å²) in [5.41, 5.74) is 3.90. The Balaban J connectivity index is 1.97. The summed E-state index contributed by atoms with van der Waals surface area (Å²) >= 11 is 1.56. The van der Waals surface area contributed by atoms with Crippen molar-refractivity contribution in [3.63, 3.8) is 0 Å². The van der Waals surface area contributed by atoms with E-state index < -0.39 is 0 Å². The highest BCUT2D eigenvalue weighted by Crippen LogP contribution is 2.43. The Labute approximate surface area is 116 Å². The SMILES string of the molecule is CSC1C(=O)Nc2c(Nc3ccccc3)cccc21. The molecule has 3 rings (SSSR count). The zero-order chi connectivity index (χ0) is 13.2. The molecule has 0 bridgehead atoms. The largest absolute Gasteiger partial charge is 0.354 e. The molecule has 0 saturated heterocycles. The van der Waals surface area contributed by atoms with Gasteiger partial charge in [0, 0.05) is 11.3 Å². The molecule has 0 aliphatic carbocycles. The van der Waals surface area contributed by atoms with Crippen LogP contribution in [0.25, 0.3) is 0 Å². The molecule has 0 radical (unpaired) electrons. The number of benzene rings is 2. The Morgan fingerprint density at radius 3 is 2.63 bits per heavy atom. The third-order valence-electron chi connectivity index (χ3n) is 3.15. The molecule has 2 aromatic rings. The maximum atomic E-state index is 11.9. The number of carbonyl (C=O) groups excluding carboxylic acids is 1. The van der Waals surface area contributed by atoms with Gasteiger partial charge in [-0.1, -0.05) is 30.3 Å². The molecule has 0 saturated carbocycles. The average Bonchev–Trinajstić information content (AvgIpc) is 2.76. The standard InChI is InChI=1S/C15H14N2OS/c1-19-14-11-8-5-9-12(13(11)17-15(14)18)16-10-6-3-2-4-7-10/h2-9,14,16H,1H3,(H,17,18). The Kier molecular flexibility index (Phi) is 3.17. The van der Waals surface area contributed by atoms with Gasteiger partial charge >= 0.3 is 0 Å². The van der Waals surface area contributed by atoms with Crippen molar-refractivity contribution < 1.29 is 4.79 Å². The highest BCUT2D eigenvalue weighted by Gasteiger charge is 2.31. The molecule has 1 aliphatic heterocycles. The number of hydrogen-bond acceptors (Lipinski definition) is 3. The highest BCUT2D eigenvalue weighted by molar-refractivity contribution is 7.99. The fourth-order valence-corrected chi connectivity index (χ4v) is 3.00.